The second kappa shape index (κ2) is 3.64. The molecule has 1 nitrogen and oxygen atoms in total. The minimum Gasteiger partial charge on any atom is -0.235 e. The molecule has 1 aromatic rings. The third-order valence-corrected chi connectivity index (χ3v) is 2.54. The van der Waals surface area contributed by atoms with Gasteiger partial charge in [-0.25, -0.2) is 4.98 Å². The molecule has 0 spiro atoms. The van der Waals surface area contributed by atoms with Gasteiger partial charge in [-0.05, 0) is 57.3 Å². The fraction of sp³-hybridized carbons (Fsp3) is 0.167. The van der Waals surface area contributed by atoms with Crippen molar-refractivity contribution in [3.8, 4) is 0 Å². The summed E-state index contributed by atoms with van der Waals surface area (Å²) in [7, 11) is 0. The number of alkyl halides is 3. The maximum Gasteiger partial charge on any atom is 0.418 e. The predicted molar refractivity (Wildman–Crippen MR) is 54.7 cm³/mol. The lowest BCUT2D eigenvalue weighted by molar-refractivity contribution is -0.138. The van der Waals surface area contributed by atoms with Crippen LogP contribution in [0.5, 0.6) is 0 Å². The van der Waals surface area contributed by atoms with Crippen molar-refractivity contribution in [2.45, 2.75) is 6.18 Å². The lowest BCUT2D eigenvalue weighted by Crippen LogP contribution is -2.08. The van der Waals surface area contributed by atoms with Crippen molar-refractivity contribution in [1.82, 2.24) is 4.98 Å². The first-order valence-electron chi connectivity index (χ1n) is 2.80. The third-order valence-electron chi connectivity index (χ3n) is 1.12. The molecule has 0 bridgehead atoms. The highest BCUT2D eigenvalue weighted by molar-refractivity contribution is 14.1. The molecule has 0 unspecified atom stereocenters. The van der Waals surface area contributed by atoms with Gasteiger partial charge in [0.2, 0.25) is 0 Å². The summed E-state index contributed by atoms with van der Waals surface area (Å²) in [5, 5.41) is 0. The Balaban J connectivity index is 3.19. The van der Waals surface area contributed by atoms with E-state index in [1.807, 2.05) is 22.6 Å². The van der Waals surface area contributed by atoms with Crippen molar-refractivity contribution in [3.05, 3.63) is 25.1 Å². The average molecular weight is 399 g/mol. The highest BCUT2D eigenvalue weighted by atomic mass is 127. The van der Waals surface area contributed by atoms with Crippen LogP contribution in [0.15, 0.2) is 12.1 Å². The Morgan fingerprint density at radius 1 is 1.17 bits per heavy atom. The first kappa shape index (κ1) is 10.5. The summed E-state index contributed by atoms with van der Waals surface area (Å²) >= 11 is 3.44. The monoisotopic (exact) mass is 399 g/mol. The molecule has 0 atom stereocenters. The normalized spacial score (nSPS) is 11.8. The van der Waals surface area contributed by atoms with Gasteiger partial charge in [-0.3, -0.25) is 0 Å². The fourth-order valence-corrected chi connectivity index (χ4v) is 2.25. The summed E-state index contributed by atoms with van der Waals surface area (Å²) in [5.41, 5.74) is -0.677. The molecule has 0 aliphatic carbocycles. The Morgan fingerprint density at radius 3 is 2.17 bits per heavy atom. The van der Waals surface area contributed by atoms with Crippen LogP contribution in [0, 0.1) is 7.40 Å². The molecule has 12 heavy (non-hydrogen) atoms. The number of aromatic nitrogens is 1. The summed E-state index contributed by atoms with van der Waals surface area (Å²) in [5.74, 6) is 0. The van der Waals surface area contributed by atoms with Gasteiger partial charge in [-0.15, -0.1) is 0 Å². The number of hydrogen-bond acceptors (Lipinski definition) is 1. The maximum absolute atomic E-state index is 12.1. The van der Waals surface area contributed by atoms with Crippen LogP contribution in [-0.2, 0) is 6.18 Å². The van der Waals surface area contributed by atoms with Crippen molar-refractivity contribution in [2.75, 3.05) is 0 Å². The van der Waals surface area contributed by atoms with E-state index in [9.17, 15) is 13.2 Å². The van der Waals surface area contributed by atoms with E-state index in [2.05, 4.69) is 4.98 Å². The van der Waals surface area contributed by atoms with Gasteiger partial charge in [0.1, 0.15) is 7.40 Å². The van der Waals surface area contributed by atoms with Crippen molar-refractivity contribution >= 4 is 45.2 Å². The standard InChI is InChI=1S/C6H2F3I2N/c7-6(8,9)3-1-2-4(10)12-5(3)11/h1-2H. The fourth-order valence-electron chi connectivity index (χ4n) is 0.624. The van der Waals surface area contributed by atoms with E-state index in [1.54, 1.807) is 22.6 Å². The van der Waals surface area contributed by atoms with E-state index in [-0.39, 0.29) is 3.70 Å². The van der Waals surface area contributed by atoms with Gasteiger partial charge in [0.25, 0.3) is 0 Å². The van der Waals surface area contributed by atoms with E-state index in [0.29, 0.717) is 3.70 Å². The molecule has 1 rings (SSSR count). The Hall–Kier alpha value is 0.400. The Bertz CT molecular complexity index is 297. The average Bonchev–Trinajstić information content (AvgIpc) is 1.83. The van der Waals surface area contributed by atoms with Crippen LogP contribution in [0.4, 0.5) is 13.2 Å². The van der Waals surface area contributed by atoms with Crippen LogP contribution in [0.25, 0.3) is 0 Å². The maximum atomic E-state index is 12.1. The van der Waals surface area contributed by atoms with E-state index in [1.165, 1.54) is 6.07 Å². The molecule has 0 radical (unpaired) electrons. The summed E-state index contributed by atoms with van der Waals surface area (Å²) < 4.78 is 37.0. The molecule has 0 saturated heterocycles. The van der Waals surface area contributed by atoms with Gasteiger partial charge in [0.15, 0.2) is 0 Å². The van der Waals surface area contributed by atoms with Crippen LogP contribution in [0.1, 0.15) is 5.56 Å². The predicted octanol–water partition coefficient (Wildman–Crippen LogP) is 3.31. The smallest absolute Gasteiger partial charge is 0.235 e. The number of pyridine rings is 1. The van der Waals surface area contributed by atoms with Gasteiger partial charge in [-0.1, -0.05) is 0 Å². The quantitative estimate of drug-likeness (QED) is 0.482. The molecular formula is C6H2F3I2N. The molecule has 0 aliphatic rings. The van der Waals surface area contributed by atoms with Crippen molar-refractivity contribution in [3.63, 3.8) is 0 Å². The van der Waals surface area contributed by atoms with Crippen molar-refractivity contribution in [1.29, 1.82) is 0 Å². The zero-order valence-electron chi connectivity index (χ0n) is 5.49. The Morgan fingerprint density at radius 2 is 1.75 bits per heavy atom. The van der Waals surface area contributed by atoms with Crippen LogP contribution in [0.2, 0.25) is 0 Å². The summed E-state index contributed by atoms with van der Waals surface area (Å²) in [4.78, 5) is 3.69. The lowest BCUT2D eigenvalue weighted by Gasteiger charge is -2.07. The van der Waals surface area contributed by atoms with Crippen LogP contribution in [-0.4, -0.2) is 4.98 Å². The second-order valence-electron chi connectivity index (χ2n) is 1.97. The molecule has 0 N–H and O–H groups in total. The third kappa shape index (κ3) is 2.44. The number of hydrogen-bond donors (Lipinski definition) is 0. The molecule has 1 heterocycles. The molecule has 66 valence electrons. The molecule has 6 heteroatoms. The molecule has 0 aliphatic heterocycles. The van der Waals surface area contributed by atoms with Gasteiger partial charge in [0.05, 0.1) is 5.56 Å². The summed E-state index contributed by atoms with van der Waals surface area (Å²) in [6, 6.07) is 2.38. The molecular weight excluding hydrogens is 397 g/mol. The number of nitrogens with zero attached hydrogens (tertiary/aromatic N) is 1. The summed E-state index contributed by atoms with van der Waals surface area (Å²) in [6.07, 6.45) is -4.30. The van der Waals surface area contributed by atoms with E-state index in [4.69, 9.17) is 0 Å². The molecule has 0 aromatic carbocycles. The van der Waals surface area contributed by atoms with Gasteiger partial charge in [0, 0.05) is 0 Å². The second-order valence-corrected chi connectivity index (χ2v) is 4.10. The first-order valence-corrected chi connectivity index (χ1v) is 4.96. The van der Waals surface area contributed by atoms with Crippen molar-refractivity contribution in [2.24, 2.45) is 0 Å². The topological polar surface area (TPSA) is 12.9 Å². The molecule has 0 amide bonds. The zero-order valence-corrected chi connectivity index (χ0v) is 9.81. The van der Waals surface area contributed by atoms with Crippen LogP contribution < -0.4 is 0 Å². The van der Waals surface area contributed by atoms with E-state index in [0.717, 1.165) is 6.07 Å². The lowest BCUT2D eigenvalue weighted by atomic mass is 10.3. The van der Waals surface area contributed by atoms with Gasteiger partial charge < -0.3 is 0 Å². The Kier molecular flexibility index (Phi) is 3.18. The SMILES string of the molecule is FC(F)(F)c1ccc(I)nc1I. The molecule has 0 fully saturated rings. The van der Waals surface area contributed by atoms with Crippen LogP contribution in [0.3, 0.4) is 0 Å². The van der Waals surface area contributed by atoms with Gasteiger partial charge in [-0.2, -0.15) is 13.2 Å². The number of rotatable bonds is 0. The van der Waals surface area contributed by atoms with Gasteiger partial charge >= 0.3 is 6.18 Å². The zero-order chi connectivity index (χ0) is 9.35. The first-order chi connectivity index (χ1) is 5.41. The summed E-state index contributed by atoms with van der Waals surface area (Å²) in [6.45, 7) is 0. The van der Waals surface area contributed by atoms with Crippen molar-refractivity contribution < 1.29 is 13.2 Å². The minimum atomic E-state index is -4.30. The molecule has 1 aromatic heterocycles. The Labute approximate surface area is 94.0 Å². The van der Waals surface area contributed by atoms with E-state index >= 15 is 0 Å². The minimum absolute atomic E-state index is 0.00741. The van der Waals surface area contributed by atoms with Crippen LogP contribution >= 0.6 is 45.2 Å². The highest BCUT2D eigenvalue weighted by Gasteiger charge is 2.33. The number of halogens is 5. The largest absolute Gasteiger partial charge is 0.418 e. The highest BCUT2D eigenvalue weighted by Crippen LogP contribution is 2.31. The molecule has 0 saturated carbocycles. The van der Waals surface area contributed by atoms with E-state index < -0.39 is 11.7 Å².